The molecule has 4 aliphatic heterocycles. The molecule has 3 fully saturated rings. The Morgan fingerprint density at radius 3 is 2.44 bits per heavy atom. The number of fused-ring (bicyclic) bond motifs is 4. The van der Waals surface area contributed by atoms with Crippen LogP contribution in [-0.4, -0.2) is 85.9 Å². The fourth-order valence-corrected chi connectivity index (χ4v) is 5.07. The van der Waals surface area contributed by atoms with Crippen molar-refractivity contribution in [2.45, 2.75) is 12.5 Å². The monoisotopic (exact) mass is 439 g/mol. The molecule has 0 radical (unpaired) electrons. The molecule has 5 rings (SSSR count). The Kier molecular flexibility index (Phi) is 4.45. The molecule has 3 saturated heterocycles. The van der Waals surface area contributed by atoms with Crippen LogP contribution in [0.3, 0.4) is 0 Å². The van der Waals surface area contributed by atoms with Crippen molar-refractivity contribution in [1.82, 2.24) is 9.80 Å². The van der Waals surface area contributed by atoms with Crippen LogP contribution in [0, 0.1) is 5.41 Å². The second-order valence-corrected chi connectivity index (χ2v) is 8.39. The predicted octanol–water partition coefficient (Wildman–Crippen LogP) is -0.00600. The number of morpholine rings is 1. The van der Waals surface area contributed by atoms with Crippen LogP contribution in [0.15, 0.2) is 23.8 Å². The van der Waals surface area contributed by atoms with Gasteiger partial charge in [0.1, 0.15) is 5.57 Å². The van der Waals surface area contributed by atoms with Gasteiger partial charge in [0.05, 0.1) is 19.3 Å². The number of rotatable bonds is 1. The van der Waals surface area contributed by atoms with E-state index in [4.69, 9.17) is 9.47 Å². The van der Waals surface area contributed by atoms with E-state index in [0.29, 0.717) is 24.3 Å². The molecule has 32 heavy (non-hydrogen) atoms. The van der Waals surface area contributed by atoms with Crippen molar-refractivity contribution in [3.8, 4) is 0 Å². The van der Waals surface area contributed by atoms with Gasteiger partial charge in [0, 0.05) is 26.3 Å². The minimum atomic E-state index is -1.52. The number of benzene rings is 1. The van der Waals surface area contributed by atoms with Gasteiger partial charge >= 0.3 is 12.0 Å². The van der Waals surface area contributed by atoms with E-state index in [2.05, 4.69) is 0 Å². The number of barbiturate groups is 1. The van der Waals surface area contributed by atoms with Crippen LogP contribution in [-0.2, 0) is 35.1 Å². The number of Topliss-reactive ketones (excluding diaryl/α,β-unsaturated/α-hetero) is 1. The highest BCUT2D eigenvalue weighted by Gasteiger charge is 2.63. The molecular formula is C22H21N3O7. The minimum absolute atomic E-state index is 0.0328. The van der Waals surface area contributed by atoms with E-state index in [-0.39, 0.29) is 25.2 Å². The first-order valence-corrected chi connectivity index (χ1v) is 10.3. The maximum atomic E-state index is 13.4. The molecule has 0 unspecified atom stereocenters. The zero-order chi connectivity index (χ0) is 22.8. The van der Waals surface area contributed by atoms with Crippen molar-refractivity contribution < 1.29 is 33.4 Å². The predicted molar refractivity (Wildman–Crippen MR) is 109 cm³/mol. The molecule has 4 amide bonds. The Labute approximate surface area is 183 Å². The van der Waals surface area contributed by atoms with Crippen molar-refractivity contribution in [3.63, 3.8) is 0 Å². The lowest BCUT2D eigenvalue weighted by Crippen LogP contribution is -2.73. The SMILES string of the molecule is CN1C(=O)N(C)C(=O)C2(Cc3cc(/C=C4/C(=O)COC4=O)ccc3N3CCOC[C@H]32)C1=O. The van der Waals surface area contributed by atoms with Crippen LogP contribution in [0.25, 0.3) is 6.08 Å². The van der Waals surface area contributed by atoms with Gasteiger partial charge in [-0.3, -0.25) is 24.2 Å². The Balaban J connectivity index is 1.64. The van der Waals surface area contributed by atoms with Crippen LogP contribution in [0.2, 0.25) is 0 Å². The molecule has 0 aliphatic carbocycles. The van der Waals surface area contributed by atoms with Gasteiger partial charge in [-0.2, -0.15) is 0 Å². The molecule has 166 valence electrons. The fraction of sp³-hybridized carbons (Fsp3) is 0.409. The third kappa shape index (κ3) is 2.65. The first-order valence-electron chi connectivity index (χ1n) is 10.3. The first-order chi connectivity index (χ1) is 15.3. The van der Waals surface area contributed by atoms with Crippen molar-refractivity contribution >= 4 is 41.4 Å². The van der Waals surface area contributed by atoms with Gasteiger partial charge in [0.15, 0.2) is 12.0 Å². The molecule has 0 saturated carbocycles. The van der Waals surface area contributed by atoms with Crippen LogP contribution in [0.5, 0.6) is 0 Å². The van der Waals surface area contributed by atoms with E-state index in [1.807, 2.05) is 11.0 Å². The van der Waals surface area contributed by atoms with E-state index >= 15 is 0 Å². The Morgan fingerprint density at radius 2 is 1.78 bits per heavy atom. The average molecular weight is 439 g/mol. The number of anilines is 1. The number of urea groups is 1. The first kappa shape index (κ1) is 20.4. The summed E-state index contributed by atoms with van der Waals surface area (Å²) in [7, 11) is 2.74. The number of esters is 1. The number of carbonyl (C=O) groups excluding carboxylic acids is 5. The lowest BCUT2D eigenvalue weighted by molar-refractivity contribution is -0.161. The van der Waals surface area contributed by atoms with Gasteiger partial charge in [-0.15, -0.1) is 0 Å². The highest BCUT2D eigenvalue weighted by atomic mass is 16.5. The average Bonchev–Trinajstić information content (AvgIpc) is 3.12. The number of ketones is 1. The maximum Gasteiger partial charge on any atom is 0.342 e. The molecule has 1 aromatic rings. The number of nitrogens with zero attached hydrogens (tertiary/aromatic N) is 3. The van der Waals surface area contributed by atoms with Crippen LogP contribution in [0.1, 0.15) is 11.1 Å². The molecule has 0 N–H and O–H groups in total. The normalized spacial score (nSPS) is 26.1. The Hall–Kier alpha value is -3.53. The number of hydrogen-bond acceptors (Lipinski definition) is 8. The number of cyclic esters (lactones) is 1. The van der Waals surface area contributed by atoms with Gasteiger partial charge in [-0.05, 0) is 35.8 Å². The molecule has 4 heterocycles. The smallest absolute Gasteiger partial charge is 0.342 e. The van der Waals surface area contributed by atoms with E-state index in [9.17, 15) is 24.0 Å². The summed E-state index contributed by atoms with van der Waals surface area (Å²) < 4.78 is 10.4. The van der Waals surface area contributed by atoms with E-state index in [1.54, 1.807) is 12.1 Å². The summed E-state index contributed by atoms with van der Waals surface area (Å²) in [5.74, 6) is -2.18. The molecule has 1 atom stereocenters. The lowest BCUT2D eigenvalue weighted by Gasteiger charge is -2.54. The van der Waals surface area contributed by atoms with Gasteiger partial charge in [0.25, 0.3) is 0 Å². The van der Waals surface area contributed by atoms with Crippen molar-refractivity contribution in [2.24, 2.45) is 5.41 Å². The number of amides is 4. The topological polar surface area (TPSA) is 114 Å². The number of hydrogen-bond donors (Lipinski definition) is 0. The van der Waals surface area contributed by atoms with Gasteiger partial charge < -0.3 is 14.4 Å². The van der Waals surface area contributed by atoms with E-state index < -0.39 is 41.1 Å². The highest BCUT2D eigenvalue weighted by Crippen LogP contribution is 2.46. The summed E-state index contributed by atoms with van der Waals surface area (Å²) >= 11 is 0. The fourth-order valence-electron chi connectivity index (χ4n) is 5.07. The van der Waals surface area contributed by atoms with Gasteiger partial charge in [0.2, 0.25) is 17.6 Å². The summed E-state index contributed by atoms with van der Waals surface area (Å²) in [6.07, 6.45) is 1.53. The van der Waals surface area contributed by atoms with Gasteiger partial charge in [-0.25, -0.2) is 9.59 Å². The number of ether oxygens (including phenoxy) is 2. The van der Waals surface area contributed by atoms with Gasteiger partial charge in [-0.1, -0.05) is 6.07 Å². The third-order valence-electron chi connectivity index (χ3n) is 6.69. The molecule has 1 aromatic carbocycles. The van der Waals surface area contributed by atoms with Crippen molar-refractivity contribution in [2.75, 3.05) is 45.4 Å². The second kappa shape index (κ2) is 6.99. The summed E-state index contributed by atoms with van der Waals surface area (Å²) in [5, 5.41) is 0. The summed E-state index contributed by atoms with van der Waals surface area (Å²) in [6.45, 7) is 0.820. The lowest BCUT2D eigenvalue weighted by atomic mass is 9.68. The standard InChI is InChI=1S/C22H21N3O7/c1-23-19(28)22(20(29)24(2)21(23)30)9-13-7-12(8-14-16(26)10-32-18(14)27)3-4-15(13)25-5-6-31-11-17(22)25/h3-4,7-8,17H,5-6,9-11H2,1-2H3/b14-8-/t17-/m0/s1. The molecule has 10 nitrogen and oxygen atoms in total. The van der Waals surface area contributed by atoms with E-state index in [1.165, 1.54) is 20.2 Å². The number of imide groups is 2. The molecule has 0 bridgehead atoms. The third-order valence-corrected chi connectivity index (χ3v) is 6.69. The maximum absolute atomic E-state index is 13.4. The molecule has 0 aromatic heterocycles. The number of carbonyl (C=O) groups is 5. The second-order valence-electron chi connectivity index (χ2n) is 8.39. The largest absolute Gasteiger partial charge is 0.454 e. The van der Waals surface area contributed by atoms with E-state index in [0.717, 1.165) is 15.5 Å². The van der Waals surface area contributed by atoms with Crippen molar-refractivity contribution in [3.05, 3.63) is 34.9 Å². The summed E-state index contributed by atoms with van der Waals surface area (Å²) in [6, 6.07) is 4.18. The summed E-state index contributed by atoms with van der Waals surface area (Å²) in [4.78, 5) is 67.0. The molecule has 4 aliphatic rings. The van der Waals surface area contributed by atoms with Crippen LogP contribution >= 0.6 is 0 Å². The minimum Gasteiger partial charge on any atom is -0.454 e. The highest BCUT2D eigenvalue weighted by molar-refractivity contribution is 6.25. The van der Waals surface area contributed by atoms with Crippen LogP contribution < -0.4 is 4.90 Å². The zero-order valence-electron chi connectivity index (χ0n) is 17.6. The molecular weight excluding hydrogens is 418 g/mol. The molecule has 10 heteroatoms. The Morgan fingerprint density at radius 1 is 1.06 bits per heavy atom. The van der Waals surface area contributed by atoms with Crippen molar-refractivity contribution in [1.29, 1.82) is 0 Å². The van der Waals surface area contributed by atoms with Crippen LogP contribution in [0.4, 0.5) is 10.5 Å². The summed E-state index contributed by atoms with van der Waals surface area (Å²) in [5.41, 5.74) is 0.609. The Bertz CT molecular complexity index is 1080. The quantitative estimate of drug-likeness (QED) is 0.260. The zero-order valence-corrected chi connectivity index (χ0v) is 17.6. The molecule has 1 spiro atoms.